The third-order valence-corrected chi connectivity index (χ3v) is 2.84. The highest BCUT2D eigenvalue weighted by Crippen LogP contribution is 2.17. The molecule has 4 heteroatoms. The zero-order valence-electron chi connectivity index (χ0n) is 9.68. The zero-order chi connectivity index (χ0) is 13.1. The van der Waals surface area contributed by atoms with Gasteiger partial charge in [-0.05, 0) is 25.1 Å². The maximum absolute atomic E-state index is 12.2. The van der Waals surface area contributed by atoms with E-state index in [1.54, 1.807) is 36.4 Å². The average molecular weight is 260 g/mol. The topological polar surface area (TPSA) is 47.0 Å². The van der Waals surface area contributed by atoms with Crippen molar-refractivity contribution in [3.05, 3.63) is 64.4 Å². The Morgan fingerprint density at radius 2 is 1.83 bits per heavy atom. The van der Waals surface area contributed by atoms with Crippen molar-refractivity contribution in [2.24, 2.45) is 0 Å². The van der Waals surface area contributed by atoms with Gasteiger partial charge >= 0.3 is 0 Å². The number of carbonyl (C=O) groups is 2. The summed E-state index contributed by atoms with van der Waals surface area (Å²) in [5, 5.41) is 0.163. The molecular weight excluding hydrogens is 250 g/mol. The summed E-state index contributed by atoms with van der Waals surface area (Å²) in [6.45, 7) is 1.46. The first-order valence-corrected chi connectivity index (χ1v) is 5.73. The van der Waals surface area contributed by atoms with Crippen LogP contribution in [0.4, 0.5) is 0 Å². The molecular formula is C14H10ClNO2. The van der Waals surface area contributed by atoms with E-state index in [0.717, 1.165) is 0 Å². The summed E-state index contributed by atoms with van der Waals surface area (Å²) < 4.78 is 0. The highest BCUT2D eigenvalue weighted by Gasteiger charge is 2.14. The van der Waals surface area contributed by atoms with Gasteiger partial charge in [0.15, 0.2) is 11.6 Å². The first-order chi connectivity index (χ1) is 8.59. The van der Waals surface area contributed by atoms with Gasteiger partial charge in [-0.25, -0.2) is 4.98 Å². The number of nitrogens with zero attached hydrogens (tertiary/aromatic N) is 1. The number of pyridine rings is 1. The van der Waals surface area contributed by atoms with Gasteiger partial charge in [0.25, 0.3) is 0 Å². The molecule has 0 atom stereocenters. The van der Waals surface area contributed by atoms with E-state index in [9.17, 15) is 9.59 Å². The number of ketones is 2. The SMILES string of the molecule is CC(=O)c1cccc(C(=O)c2cccnc2Cl)c1. The van der Waals surface area contributed by atoms with Gasteiger partial charge in [0.2, 0.25) is 0 Å². The Labute approximate surface area is 109 Å². The highest BCUT2D eigenvalue weighted by molar-refractivity contribution is 6.33. The van der Waals surface area contributed by atoms with Crippen LogP contribution in [0.1, 0.15) is 33.2 Å². The molecule has 0 aliphatic carbocycles. The lowest BCUT2D eigenvalue weighted by atomic mass is 10.0. The molecule has 0 fully saturated rings. The van der Waals surface area contributed by atoms with Crippen LogP contribution in [-0.4, -0.2) is 16.6 Å². The molecule has 0 spiro atoms. The summed E-state index contributed by atoms with van der Waals surface area (Å²) in [5.74, 6) is -0.321. The number of hydrogen-bond acceptors (Lipinski definition) is 3. The van der Waals surface area contributed by atoms with E-state index in [0.29, 0.717) is 16.7 Å². The lowest BCUT2D eigenvalue weighted by Crippen LogP contribution is -2.04. The van der Waals surface area contributed by atoms with Crippen molar-refractivity contribution in [3.63, 3.8) is 0 Å². The van der Waals surface area contributed by atoms with Crippen LogP contribution in [-0.2, 0) is 0 Å². The highest BCUT2D eigenvalue weighted by atomic mass is 35.5. The van der Waals surface area contributed by atoms with Crippen molar-refractivity contribution < 1.29 is 9.59 Å². The van der Waals surface area contributed by atoms with E-state index in [1.807, 2.05) is 0 Å². The molecule has 1 heterocycles. The van der Waals surface area contributed by atoms with Crippen LogP contribution in [0.25, 0.3) is 0 Å². The van der Waals surface area contributed by atoms with Gasteiger partial charge in [-0.3, -0.25) is 9.59 Å². The molecule has 0 N–H and O–H groups in total. The predicted octanol–water partition coefficient (Wildman–Crippen LogP) is 3.17. The lowest BCUT2D eigenvalue weighted by Gasteiger charge is -2.04. The van der Waals surface area contributed by atoms with E-state index < -0.39 is 0 Å². The average Bonchev–Trinajstić information content (AvgIpc) is 2.38. The van der Waals surface area contributed by atoms with Crippen molar-refractivity contribution in [3.8, 4) is 0 Å². The number of Topliss-reactive ketones (excluding diaryl/α,β-unsaturated/α-hetero) is 1. The van der Waals surface area contributed by atoms with Crippen LogP contribution in [0.2, 0.25) is 5.15 Å². The summed E-state index contributed by atoms with van der Waals surface area (Å²) in [5.41, 5.74) is 1.26. The van der Waals surface area contributed by atoms with E-state index >= 15 is 0 Å². The summed E-state index contributed by atoms with van der Waals surface area (Å²) in [7, 11) is 0. The molecule has 0 aliphatic rings. The van der Waals surface area contributed by atoms with Crippen LogP contribution < -0.4 is 0 Å². The Bertz CT molecular complexity index is 623. The maximum atomic E-state index is 12.2. The Morgan fingerprint density at radius 1 is 1.11 bits per heavy atom. The van der Waals surface area contributed by atoms with Gasteiger partial charge in [-0.1, -0.05) is 29.8 Å². The Morgan fingerprint density at radius 3 is 2.50 bits per heavy atom. The molecule has 0 saturated carbocycles. The second-order valence-corrected chi connectivity index (χ2v) is 4.17. The van der Waals surface area contributed by atoms with Crippen LogP contribution in [0, 0.1) is 0 Å². The smallest absolute Gasteiger partial charge is 0.196 e. The van der Waals surface area contributed by atoms with E-state index in [4.69, 9.17) is 11.6 Å². The molecule has 0 saturated heterocycles. The lowest BCUT2D eigenvalue weighted by molar-refractivity contribution is 0.101. The molecule has 3 nitrogen and oxygen atoms in total. The maximum Gasteiger partial charge on any atom is 0.196 e. The van der Waals surface area contributed by atoms with Gasteiger partial charge in [-0.15, -0.1) is 0 Å². The van der Waals surface area contributed by atoms with Gasteiger partial charge in [0.05, 0.1) is 5.56 Å². The fraction of sp³-hybridized carbons (Fsp3) is 0.0714. The van der Waals surface area contributed by atoms with Crippen molar-refractivity contribution >= 4 is 23.2 Å². The molecule has 2 rings (SSSR count). The van der Waals surface area contributed by atoms with Crippen molar-refractivity contribution in [1.29, 1.82) is 0 Å². The second kappa shape index (κ2) is 5.10. The van der Waals surface area contributed by atoms with Crippen LogP contribution in [0.3, 0.4) is 0 Å². The van der Waals surface area contributed by atoms with Gasteiger partial charge in [0.1, 0.15) is 5.15 Å². The molecule has 18 heavy (non-hydrogen) atoms. The van der Waals surface area contributed by atoms with Gasteiger partial charge < -0.3 is 0 Å². The third kappa shape index (κ3) is 2.46. The number of carbonyl (C=O) groups excluding carboxylic acids is 2. The Hall–Kier alpha value is -2.00. The number of aromatic nitrogens is 1. The van der Waals surface area contributed by atoms with Crippen molar-refractivity contribution in [2.45, 2.75) is 6.92 Å². The number of benzene rings is 1. The van der Waals surface area contributed by atoms with Gasteiger partial charge in [-0.2, -0.15) is 0 Å². The van der Waals surface area contributed by atoms with Crippen LogP contribution >= 0.6 is 11.6 Å². The zero-order valence-corrected chi connectivity index (χ0v) is 10.4. The molecule has 0 amide bonds. The van der Waals surface area contributed by atoms with Crippen LogP contribution in [0.15, 0.2) is 42.6 Å². The minimum atomic E-state index is -0.240. The Balaban J connectivity index is 2.44. The first-order valence-electron chi connectivity index (χ1n) is 5.36. The molecule has 90 valence electrons. The quantitative estimate of drug-likeness (QED) is 0.628. The molecule has 2 aromatic rings. The molecule has 0 unspecified atom stereocenters. The monoisotopic (exact) mass is 259 g/mol. The Kier molecular flexibility index (Phi) is 3.53. The summed E-state index contributed by atoms with van der Waals surface area (Å²) in [6, 6.07) is 9.82. The largest absolute Gasteiger partial charge is 0.295 e. The number of hydrogen-bond donors (Lipinski definition) is 0. The minimum absolute atomic E-state index is 0.0815. The predicted molar refractivity (Wildman–Crippen MR) is 69.1 cm³/mol. The van der Waals surface area contributed by atoms with Crippen molar-refractivity contribution in [1.82, 2.24) is 4.98 Å². The van der Waals surface area contributed by atoms with E-state index in [2.05, 4.69) is 4.98 Å². The third-order valence-electron chi connectivity index (χ3n) is 2.54. The number of halogens is 1. The normalized spacial score (nSPS) is 10.1. The van der Waals surface area contributed by atoms with E-state index in [1.165, 1.54) is 13.1 Å². The minimum Gasteiger partial charge on any atom is -0.295 e. The standard InChI is InChI=1S/C14H10ClNO2/c1-9(17)10-4-2-5-11(8-10)13(18)12-6-3-7-16-14(12)15/h2-8H,1H3. The first kappa shape index (κ1) is 12.5. The molecule has 0 aliphatic heterocycles. The summed E-state index contributed by atoms with van der Waals surface area (Å²) in [4.78, 5) is 27.3. The molecule has 0 radical (unpaired) electrons. The van der Waals surface area contributed by atoms with E-state index in [-0.39, 0.29) is 16.7 Å². The van der Waals surface area contributed by atoms with Crippen molar-refractivity contribution in [2.75, 3.05) is 0 Å². The summed E-state index contributed by atoms with van der Waals surface area (Å²) >= 11 is 5.87. The molecule has 1 aromatic heterocycles. The second-order valence-electron chi connectivity index (χ2n) is 3.81. The molecule has 1 aromatic carbocycles. The number of rotatable bonds is 3. The summed E-state index contributed by atoms with van der Waals surface area (Å²) in [6.07, 6.45) is 1.52. The van der Waals surface area contributed by atoms with Gasteiger partial charge in [0, 0.05) is 17.3 Å². The fourth-order valence-electron chi connectivity index (χ4n) is 1.59. The van der Waals surface area contributed by atoms with Crippen LogP contribution in [0.5, 0.6) is 0 Å². The molecule has 0 bridgehead atoms. The fourth-order valence-corrected chi connectivity index (χ4v) is 1.80.